The first-order valence-corrected chi connectivity index (χ1v) is 7.81. The van der Waals surface area contributed by atoms with Crippen LogP contribution >= 0.6 is 35.6 Å². The summed E-state index contributed by atoms with van der Waals surface area (Å²) in [6.07, 6.45) is 2.64. The molecule has 2 aromatic rings. The summed E-state index contributed by atoms with van der Waals surface area (Å²) in [5, 5.41) is 11.5. The molecule has 0 spiro atoms. The van der Waals surface area contributed by atoms with Crippen molar-refractivity contribution in [3.05, 3.63) is 52.8 Å². The van der Waals surface area contributed by atoms with E-state index in [-0.39, 0.29) is 24.0 Å². The van der Waals surface area contributed by atoms with E-state index in [0.29, 0.717) is 6.54 Å². The second kappa shape index (κ2) is 10.5. The third kappa shape index (κ3) is 6.39. The molecule has 2 N–H and O–H groups in total. The molecule has 0 saturated heterocycles. The first-order valence-electron chi connectivity index (χ1n) is 7.43. The molecule has 0 bridgehead atoms. The Morgan fingerprint density at radius 3 is 2.70 bits per heavy atom. The third-order valence-corrected chi connectivity index (χ3v) is 3.68. The minimum Gasteiger partial charge on any atom is -0.357 e. The fraction of sp³-hybridized carbons (Fsp3) is 0.375. The number of aromatic nitrogens is 2. The maximum Gasteiger partial charge on any atom is 0.191 e. The highest BCUT2D eigenvalue weighted by Crippen LogP contribution is 2.14. The van der Waals surface area contributed by atoms with Gasteiger partial charge in [-0.3, -0.25) is 4.68 Å². The smallest absolute Gasteiger partial charge is 0.191 e. The van der Waals surface area contributed by atoms with Gasteiger partial charge in [0.15, 0.2) is 5.96 Å². The van der Waals surface area contributed by atoms with Crippen molar-refractivity contribution in [3.63, 3.8) is 0 Å². The minimum absolute atomic E-state index is 0. The van der Waals surface area contributed by atoms with Crippen molar-refractivity contribution in [2.75, 3.05) is 13.1 Å². The molecule has 23 heavy (non-hydrogen) atoms. The zero-order valence-corrected chi connectivity index (χ0v) is 16.5. The average molecular weight is 448 g/mol. The van der Waals surface area contributed by atoms with E-state index in [1.54, 1.807) is 6.20 Å². The summed E-state index contributed by atoms with van der Waals surface area (Å²) < 4.78 is 1.83. The van der Waals surface area contributed by atoms with Crippen LogP contribution in [-0.4, -0.2) is 28.8 Å². The molecule has 0 aliphatic heterocycles. The minimum atomic E-state index is 0. The lowest BCUT2D eigenvalue weighted by atomic mass is 10.1. The Morgan fingerprint density at radius 1 is 1.26 bits per heavy atom. The van der Waals surface area contributed by atoms with Crippen molar-refractivity contribution in [1.29, 1.82) is 0 Å². The van der Waals surface area contributed by atoms with Crippen LogP contribution in [0, 0.1) is 0 Å². The SMILES string of the molecule is CCNC(=NCc1ccnn1C)NCCc1ccccc1Cl.I. The first kappa shape index (κ1) is 19.8. The second-order valence-electron chi connectivity index (χ2n) is 4.91. The van der Waals surface area contributed by atoms with Crippen molar-refractivity contribution in [1.82, 2.24) is 20.4 Å². The molecule has 1 aromatic carbocycles. The van der Waals surface area contributed by atoms with E-state index in [1.165, 1.54) is 0 Å². The largest absolute Gasteiger partial charge is 0.357 e. The lowest BCUT2D eigenvalue weighted by molar-refractivity contribution is 0.707. The summed E-state index contributed by atoms with van der Waals surface area (Å²) in [7, 11) is 1.92. The highest BCUT2D eigenvalue weighted by molar-refractivity contribution is 14.0. The van der Waals surface area contributed by atoms with Crippen LogP contribution in [0.1, 0.15) is 18.2 Å². The Morgan fingerprint density at radius 2 is 2.04 bits per heavy atom. The van der Waals surface area contributed by atoms with Gasteiger partial charge < -0.3 is 10.6 Å². The van der Waals surface area contributed by atoms with Crippen molar-refractivity contribution < 1.29 is 0 Å². The van der Waals surface area contributed by atoms with Gasteiger partial charge >= 0.3 is 0 Å². The van der Waals surface area contributed by atoms with Gasteiger partial charge in [-0.25, -0.2) is 4.99 Å². The van der Waals surface area contributed by atoms with Gasteiger partial charge in [-0.1, -0.05) is 29.8 Å². The van der Waals surface area contributed by atoms with Gasteiger partial charge in [0, 0.05) is 31.4 Å². The molecule has 0 unspecified atom stereocenters. The van der Waals surface area contributed by atoms with Crippen LogP contribution in [0.4, 0.5) is 0 Å². The average Bonchev–Trinajstić information content (AvgIpc) is 2.92. The monoisotopic (exact) mass is 447 g/mol. The molecule has 0 radical (unpaired) electrons. The molecule has 7 heteroatoms. The summed E-state index contributed by atoms with van der Waals surface area (Å²) in [6.45, 7) is 4.25. The molecule has 0 atom stereocenters. The van der Waals surface area contributed by atoms with E-state index >= 15 is 0 Å². The number of aliphatic imine (C=N–C) groups is 1. The van der Waals surface area contributed by atoms with Gasteiger partial charge in [0.05, 0.1) is 12.2 Å². The van der Waals surface area contributed by atoms with E-state index in [2.05, 4.69) is 27.6 Å². The molecule has 1 heterocycles. The van der Waals surface area contributed by atoms with E-state index in [9.17, 15) is 0 Å². The summed E-state index contributed by atoms with van der Waals surface area (Å²) in [4.78, 5) is 4.57. The summed E-state index contributed by atoms with van der Waals surface area (Å²) in [5.41, 5.74) is 2.21. The Bertz CT molecular complexity index is 626. The summed E-state index contributed by atoms with van der Waals surface area (Å²) in [6, 6.07) is 9.88. The maximum absolute atomic E-state index is 6.16. The van der Waals surface area contributed by atoms with Crippen LogP contribution < -0.4 is 10.6 Å². The number of halogens is 2. The summed E-state index contributed by atoms with van der Waals surface area (Å²) >= 11 is 6.16. The molecule has 126 valence electrons. The molecular formula is C16H23ClIN5. The number of rotatable bonds is 6. The molecule has 0 aliphatic rings. The van der Waals surface area contributed by atoms with Crippen LogP contribution in [0.5, 0.6) is 0 Å². The Labute approximate surface area is 159 Å². The van der Waals surface area contributed by atoms with Crippen molar-refractivity contribution in [2.45, 2.75) is 19.9 Å². The first-order chi connectivity index (χ1) is 10.7. The Balaban J connectivity index is 0.00000264. The highest BCUT2D eigenvalue weighted by atomic mass is 127. The highest BCUT2D eigenvalue weighted by Gasteiger charge is 2.02. The number of nitrogens with zero attached hydrogens (tertiary/aromatic N) is 3. The van der Waals surface area contributed by atoms with E-state index in [4.69, 9.17) is 11.6 Å². The molecule has 1 aromatic heterocycles. The van der Waals surface area contributed by atoms with Crippen LogP contribution in [0.2, 0.25) is 5.02 Å². The second-order valence-corrected chi connectivity index (χ2v) is 5.32. The van der Waals surface area contributed by atoms with E-state index < -0.39 is 0 Å². The van der Waals surface area contributed by atoms with Gasteiger partial charge in [-0.2, -0.15) is 5.10 Å². The zero-order chi connectivity index (χ0) is 15.8. The topological polar surface area (TPSA) is 54.2 Å². The van der Waals surface area contributed by atoms with Gasteiger partial charge in [-0.05, 0) is 31.0 Å². The lowest BCUT2D eigenvalue weighted by Gasteiger charge is -2.12. The molecule has 0 aliphatic carbocycles. The zero-order valence-electron chi connectivity index (χ0n) is 13.4. The standard InChI is InChI=1S/C16H22ClN5.HI/c1-3-18-16(20-12-14-9-11-21-22(14)2)19-10-8-13-6-4-5-7-15(13)17;/h4-7,9,11H,3,8,10,12H2,1-2H3,(H2,18,19,20);1H. The molecule has 0 saturated carbocycles. The number of hydrogen-bond donors (Lipinski definition) is 2. The van der Waals surface area contributed by atoms with Crippen LogP contribution in [0.3, 0.4) is 0 Å². The fourth-order valence-electron chi connectivity index (χ4n) is 2.07. The van der Waals surface area contributed by atoms with Gasteiger partial charge in [0.1, 0.15) is 0 Å². The molecule has 2 rings (SSSR count). The van der Waals surface area contributed by atoms with Gasteiger partial charge in [-0.15, -0.1) is 24.0 Å². The van der Waals surface area contributed by atoms with Crippen LogP contribution in [-0.2, 0) is 20.0 Å². The van der Waals surface area contributed by atoms with Crippen molar-refractivity contribution in [3.8, 4) is 0 Å². The summed E-state index contributed by atoms with van der Waals surface area (Å²) in [5.74, 6) is 0.802. The molecule has 0 amide bonds. The molecule has 0 fully saturated rings. The van der Waals surface area contributed by atoms with Crippen LogP contribution in [0.25, 0.3) is 0 Å². The predicted molar refractivity (Wildman–Crippen MR) is 107 cm³/mol. The van der Waals surface area contributed by atoms with E-state index in [1.807, 2.05) is 42.1 Å². The van der Waals surface area contributed by atoms with E-state index in [0.717, 1.165) is 41.7 Å². The number of benzene rings is 1. The Hall–Kier alpha value is -1.28. The number of nitrogens with one attached hydrogen (secondary N) is 2. The predicted octanol–water partition coefficient (Wildman–Crippen LogP) is 2.99. The molecule has 5 nitrogen and oxygen atoms in total. The lowest BCUT2D eigenvalue weighted by Crippen LogP contribution is -2.38. The van der Waals surface area contributed by atoms with Crippen molar-refractivity contribution in [2.24, 2.45) is 12.0 Å². The maximum atomic E-state index is 6.16. The Kier molecular flexibility index (Phi) is 9.01. The van der Waals surface area contributed by atoms with Crippen molar-refractivity contribution >= 4 is 41.5 Å². The number of aryl methyl sites for hydroxylation is 1. The quantitative estimate of drug-likeness (QED) is 0.407. The van der Waals surface area contributed by atoms with Crippen LogP contribution in [0.15, 0.2) is 41.5 Å². The van der Waals surface area contributed by atoms with Gasteiger partial charge in [0.2, 0.25) is 0 Å². The number of guanidine groups is 1. The fourth-order valence-corrected chi connectivity index (χ4v) is 2.31. The normalized spacial score (nSPS) is 11.0. The number of hydrogen-bond acceptors (Lipinski definition) is 2. The third-order valence-electron chi connectivity index (χ3n) is 3.31. The van der Waals surface area contributed by atoms with Gasteiger partial charge in [0.25, 0.3) is 0 Å². The molecular weight excluding hydrogens is 425 g/mol.